The summed E-state index contributed by atoms with van der Waals surface area (Å²) in [5.41, 5.74) is 0. The van der Waals surface area contributed by atoms with Gasteiger partial charge in [0.1, 0.15) is 0 Å². The molecule has 0 aromatic rings. The van der Waals surface area contributed by atoms with Crippen LogP contribution < -0.4 is 0 Å². The molecule has 0 saturated heterocycles. The van der Waals surface area contributed by atoms with E-state index >= 15 is 0 Å². The molecule has 376 valence electrons. The molecule has 0 rings (SSSR count). The van der Waals surface area contributed by atoms with Gasteiger partial charge in [-0.2, -0.15) is 0 Å². The third-order valence-corrected chi connectivity index (χ3v) is 21.1. The van der Waals surface area contributed by atoms with Crippen LogP contribution in [0.15, 0.2) is 0 Å². The number of unbranched alkanes of at least 4 members (excludes halogenated alkanes) is 49. The molecule has 0 heterocycles. The van der Waals surface area contributed by atoms with E-state index in [9.17, 15) is 0 Å². The number of rotatable bonds is 57. The van der Waals surface area contributed by atoms with Gasteiger partial charge in [-0.3, -0.25) is 0 Å². The molecule has 0 aliphatic carbocycles. The monoisotopic (exact) mass is 891 g/mol. The Bertz CT molecular complexity index is 670. The molecule has 62 heavy (non-hydrogen) atoms. The fraction of sp³-hybridized carbons (Fsp3) is 1.00. The van der Waals surface area contributed by atoms with Crippen LogP contribution in [0.3, 0.4) is 0 Å². The Morgan fingerprint density at radius 2 is 0.226 bits per heavy atom. The normalized spacial score (nSPS) is 12.3. The molecule has 0 radical (unpaired) electrons. The minimum atomic E-state index is -1.18. The van der Waals surface area contributed by atoms with Crippen molar-refractivity contribution < 1.29 is 0 Å². The quantitative estimate of drug-likeness (QED) is 0.0422. The Balaban J connectivity index is 4.63. The van der Waals surface area contributed by atoms with E-state index in [1.807, 2.05) is 0 Å². The zero-order valence-corrected chi connectivity index (χ0v) is 45.8. The van der Waals surface area contributed by atoms with Crippen LogP contribution in [0.5, 0.6) is 0 Å². The van der Waals surface area contributed by atoms with Crippen molar-refractivity contribution in [2.75, 3.05) is 24.6 Å². The van der Waals surface area contributed by atoms with Gasteiger partial charge in [-0.1, -0.05) is 117 Å². The van der Waals surface area contributed by atoms with Crippen molar-refractivity contribution in [1.82, 2.24) is 0 Å². The van der Waals surface area contributed by atoms with E-state index in [0.29, 0.717) is 0 Å². The molecule has 0 aliphatic heterocycles. The Kier molecular flexibility index (Phi) is 56.1. The van der Waals surface area contributed by atoms with Gasteiger partial charge >= 0.3 is 283 Å². The van der Waals surface area contributed by atoms with E-state index in [2.05, 4.69) is 27.7 Å². The summed E-state index contributed by atoms with van der Waals surface area (Å²) >= 11 is 0. The molecule has 0 aliphatic rings. The van der Waals surface area contributed by atoms with Gasteiger partial charge in [0.15, 0.2) is 0 Å². The van der Waals surface area contributed by atoms with Crippen molar-refractivity contribution in [2.45, 2.75) is 368 Å². The fourth-order valence-electron chi connectivity index (χ4n) is 11.0. The smallest absolute Gasteiger partial charge is 0.0654 e. The van der Waals surface area contributed by atoms with Gasteiger partial charge < -0.3 is 0 Å². The third-order valence-electron chi connectivity index (χ3n) is 15.5. The minimum Gasteiger partial charge on any atom is -0.0654 e. The molecule has 0 atom stereocenters. The van der Waals surface area contributed by atoms with E-state index in [0.717, 1.165) is 0 Å². The Labute approximate surface area is 398 Å². The predicted molar refractivity (Wildman–Crippen MR) is 295 cm³/mol. The van der Waals surface area contributed by atoms with Crippen LogP contribution in [0.4, 0.5) is 0 Å². The van der Waals surface area contributed by atoms with Crippen LogP contribution in [-0.4, -0.2) is 24.6 Å². The van der Waals surface area contributed by atoms with Crippen molar-refractivity contribution in [3.05, 3.63) is 0 Å². The topological polar surface area (TPSA) is 0 Å². The molecular formula is C61H127P. The van der Waals surface area contributed by atoms with Crippen molar-refractivity contribution in [3.8, 4) is 0 Å². The van der Waals surface area contributed by atoms with E-state index in [4.69, 9.17) is 0 Å². The Morgan fingerprint density at radius 3 is 0.339 bits per heavy atom. The van der Waals surface area contributed by atoms with Gasteiger partial charge in [0.05, 0.1) is 0 Å². The molecule has 1 heteroatoms. The van der Waals surface area contributed by atoms with Gasteiger partial charge in [0, 0.05) is 0 Å². The number of hydrogen-bond donors (Lipinski definition) is 0. The van der Waals surface area contributed by atoms with Crippen LogP contribution in [0.25, 0.3) is 0 Å². The zero-order valence-electron chi connectivity index (χ0n) is 44.8. The second-order valence-corrected chi connectivity index (χ2v) is 26.8. The maximum absolute atomic E-state index is 2.39. The van der Waals surface area contributed by atoms with Gasteiger partial charge in [0.25, 0.3) is 0 Å². The molecule has 0 amide bonds. The van der Waals surface area contributed by atoms with Crippen molar-refractivity contribution >= 4 is 7.26 Å². The first-order valence-electron chi connectivity index (χ1n) is 30.7. The fourth-order valence-corrected chi connectivity index (χ4v) is 16.5. The summed E-state index contributed by atoms with van der Waals surface area (Å²) in [4.78, 5) is 0. The van der Waals surface area contributed by atoms with Crippen molar-refractivity contribution in [2.24, 2.45) is 0 Å². The zero-order chi connectivity index (χ0) is 44.8. The molecular weight excluding hydrogens is 764 g/mol. The summed E-state index contributed by atoms with van der Waals surface area (Å²) in [6.07, 6.45) is 86.0. The van der Waals surface area contributed by atoms with E-state index in [1.165, 1.54) is 295 Å². The van der Waals surface area contributed by atoms with Gasteiger partial charge in [0.2, 0.25) is 0 Å². The first-order chi connectivity index (χ1) is 30.7. The molecule has 0 bridgehead atoms. The van der Waals surface area contributed by atoms with Crippen LogP contribution >= 0.6 is 7.26 Å². The SMILES string of the molecule is CCCCCCCCCCCCCCCCCC[PH](CCCCCCC)(CCCCCCCCCCCCCCCCCC)CCCCCCCCCCCCCCCCCC. The average molecular weight is 892 g/mol. The predicted octanol–water partition coefficient (Wildman–Crippen LogP) is 23.5. The second kappa shape index (κ2) is 55.8. The van der Waals surface area contributed by atoms with Crippen LogP contribution in [0, 0.1) is 0 Å². The minimum absolute atomic E-state index is 1.18. The standard InChI is InChI=1S/C61H127P/c1-5-9-13-17-20-23-26-29-32-35-38-41-44-47-51-55-59-62(58-54-50-16-12-8-4,60-56-52-48-45-42-39-36-33-30-27-24-21-18-14-10-6-2)61-57-53-49-46-43-40-37-34-31-28-25-22-19-15-11-7-3/h62H,5-61H2,1-4H3. The van der Waals surface area contributed by atoms with Gasteiger partial charge in [-0.05, 0) is 0 Å². The first kappa shape index (κ1) is 62.4. The molecule has 0 N–H and O–H groups in total. The Morgan fingerprint density at radius 1 is 0.129 bits per heavy atom. The average Bonchev–Trinajstić information content (AvgIpc) is 3.28. The van der Waals surface area contributed by atoms with E-state index < -0.39 is 7.26 Å². The van der Waals surface area contributed by atoms with Crippen molar-refractivity contribution in [1.29, 1.82) is 0 Å². The first-order valence-corrected chi connectivity index (χ1v) is 33.6. The van der Waals surface area contributed by atoms with Crippen LogP contribution in [-0.2, 0) is 0 Å². The van der Waals surface area contributed by atoms with E-state index in [1.54, 1.807) is 69.6 Å². The molecule has 0 nitrogen and oxygen atoms in total. The molecule has 0 unspecified atom stereocenters. The van der Waals surface area contributed by atoms with Crippen LogP contribution in [0.2, 0.25) is 0 Å². The Hall–Kier alpha value is 0.430. The summed E-state index contributed by atoms with van der Waals surface area (Å²) in [5.74, 6) is 0. The molecule has 0 fully saturated rings. The maximum atomic E-state index is 2.39. The molecule has 0 aromatic heterocycles. The summed E-state index contributed by atoms with van der Waals surface area (Å²) in [7, 11) is -1.18. The summed E-state index contributed by atoms with van der Waals surface area (Å²) in [6.45, 7) is 9.38. The number of hydrogen-bond acceptors (Lipinski definition) is 0. The summed E-state index contributed by atoms with van der Waals surface area (Å²) in [6, 6.07) is 0. The second-order valence-electron chi connectivity index (χ2n) is 21.8. The van der Waals surface area contributed by atoms with Gasteiger partial charge in [-0.25, -0.2) is 0 Å². The third kappa shape index (κ3) is 49.9. The van der Waals surface area contributed by atoms with Crippen molar-refractivity contribution in [3.63, 3.8) is 0 Å². The molecule has 0 spiro atoms. The summed E-state index contributed by atoms with van der Waals surface area (Å²) in [5, 5.41) is 0. The molecule has 0 saturated carbocycles. The van der Waals surface area contributed by atoms with Crippen LogP contribution in [0.1, 0.15) is 368 Å². The van der Waals surface area contributed by atoms with Gasteiger partial charge in [-0.15, -0.1) is 0 Å². The summed E-state index contributed by atoms with van der Waals surface area (Å²) < 4.78 is 0. The molecule has 0 aromatic carbocycles. The van der Waals surface area contributed by atoms with E-state index in [-0.39, 0.29) is 0 Å².